The number of rotatable bonds is 2. The van der Waals surface area contributed by atoms with Gasteiger partial charge in [0, 0.05) is 20.1 Å². The van der Waals surface area contributed by atoms with Crippen LogP contribution >= 0.6 is 31.9 Å². The van der Waals surface area contributed by atoms with Crippen LogP contribution in [-0.2, 0) is 5.92 Å². The molecule has 0 N–H and O–H groups in total. The van der Waals surface area contributed by atoms with Crippen molar-refractivity contribution in [1.82, 2.24) is 0 Å². The molecule has 0 amide bonds. The fourth-order valence-corrected chi connectivity index (χ4v) is 2.64. The molecule has 0 aliphatic carbocycles. The molecule has 0 nitrogen and oxygen atoms in total. The van der Waals surface area contributed by atoms with Crippen LogP contribution in [0.2, 0.25) is 0 Å². The highest BCUT2D eigenvalue weighted by atomic mass is 79.9. The van der Waals surface area contributed by atoms with Crippen LogP contribution in [0.1, 0.15) is 11.1 Å². The van der Waals surface area contributed by atoms with Crippen molar-refractivity contribution in [2.24, 2.45) is 0 Å². The van der Waals surface area contributed by atoms with Gasteiger partial charge in [0.1, 0.15) is 0 Å². The highest BCUT2D eigenvalue weighted by Crippen LogP contribution is 2.41. The third-order valence-electron chi connectivity index (χ3n) is 2.42. The van der Waals surface area contributed by atoms with Gasteiger partial charge in [-0.25, -0.2) is 0 Å². The zero-order valence-electron chi connectivity index (χ0n) is 8.63. The lowest BCUT2D eigenvalue weighted by Crippen LogP contribution is -2.16. The fourth-order valence-electron chi connectivity index (χ4n) is 1.58. The Hall–Kier alpha value is -0.740. The zero-order valence-corrected chi connectivity index (χ0v) is 11.8. The Kier molecular flexibility index (Phi) is 3.64. The van der Waals surface area contributed by atoms with Gasteiger partial charge in [0.25, 0.3) is 0 Å². The molecule has 2 rings (SSSR count). The Morgan fingerprint density at radius 3 is 1.41 bits per heavy atom. The third-order valence-corrected chi connectivity index (χ3v) is 3.81. The average Bonchev–Trinajstić information content (AvgIpc) is 2.29. The second kappa shape index (κ2) is 4.86. The molecule has 0 aromatic heterocycles. The van der Waals surface area contributed by atoms with Gasteiger partial charge in [0.15, 0.2) is 0 Å². The predicted octanol–water partition coefficient (Wildman–Crippen LogP) is 5.35. The lowest BCUT2D eigenvalue weighted by Gasteiger charge is -2.19. The van der Waals surface area contributed by atoms with Gasteiger partial charge in [-0.2, -0.15) is 8.78 Å². The quantitative estimate of drug-likeness (QED) is 0.676. The summed E-state index contributed by atoms with van der Waals surface area (Å²) in [7, 11) is 0. The number of hydrogen-bond donors (Lipinski definition) is 0. The van der Waals surface area contributed by atoms with Crippen LogP contribution in [0.3, 0.4) is 0 Å². The fraction of sp³-hybridized carbons (Fsp3) is 0.0769. The second-order valence-electron chi connectivity index (χ2n) is 3.53. The smallest absolute Gasteiger partial charge is 0.196 e. The Bertz CT molecular complexity index is 491. The predicted molar refractivity (Wildman–Crippen MR) is 71.3 cm³/mol. The van der Waals surface area contributed by atoms with Gasteiger partial charge in [0.2, 0.25) is 0 Å². The topological polar surface area (TPSA) is 0 Å². The van der Waals surface area contributed by atoms with Crippen LogP contribution in [0.5, 0.6) is 0 Å². The normalized spacial score (nSPS) is 11.5. The molecule has 0 fully saturated rings. The Labute approximate surface area is 115 Å². The monoisotopic (exact) mass is 360 g/mol. The van der Waals surface area contributed by atoms with Crippen molar-refractivity contribution < 1.29 is 8.78 Å². The maximum absolute atomic E-state index is 14.3. The molecule has 4 heteroatoms. The van der Waals surface area contributed by atoms with E-state index in [0.29, 0.717) is 8.95 Å². The molecule has 88 valence electrons. The van der Waals surface area contributed by atoms with Crippen LogP contribution in [-0.4, -0.2) is 0 Å². The van der Waals surface area contributed by atoms with Crippen molar-refractivity contribution in [3.05, 3.63) is 68.6 Å². The second-order valence-corrected chi connectivity index (χ2v) is 5.24. The van der Waals surface area contributed by atoms with Crippen LogP contribution in [0.25, 0.3) is 0 Å². The van der Waals surface area contributed by atoms with Gasteiger partial charge in [-0.1, -0.05) is 68.3 Å². The number of benzene rings is 2. The van der Waals surface area contributed by atoms with Crippen molar-refractivity contribution in [2.75, 3.05) is 0 Å². The molecule has 2 aromatic carbocycles. The van der Waals surface area contributed by atoms with E-state index in [1.807, 2.05) is 0 Å². The molecule has 0 radical (unpaired) electrons. The molecule has 0 atom stereocenters. The molecule has 0 aliphatic rings. The molecule has 0 heterocycles. The SMILES string of the molecule is FC(F)(c1ccccc1Br)c1ccccc1Br. The molecule has 0 aliphatic heterocycles. The van der Waals surface area contributed by atoms with E-state index in [1.54, 1.807) is 36.4 Å². The van der Waals surface area contributed by atoms with Crippen LogP contribution in [0.4, 0.5) is 8.78 Å². The van der Waals surface area contributed by atoms with Gasteiger partial charge in [0.05, 0.1) is 0 Å². The summed E-state index contributed by atoms with van der Waals surface area (Å²) in [6.45, 7) is 0. The lowest BCUT2D eigenvalue weighted by atomic mass is 10.0. The molecular weight excluding hydrogens is 354 g/mol. The molecule has 2 aromatic rings. The summed E-state index contributed by atoms with van der Waals surface area (Å²) in [5, 5.41) is 0. The maximum Gasteiger partial charge on any atom is 0.300 e. The van der Waals surface area contributed by atoms with Gasteiger partial charge in [-0.3, -0.25) is 0 Å². The third kappa shape index (κ3) is 2.43. The Morgan fingerprint density at radius 2 is 1.06 bits per heavy atom. The first-order valence-corrected chi connectivity index (χ1v) is 6.50. The van der Waals surface area contributed by atoms with E-state index in [0.717, 1.165) is 0 Å². The molecule has 0 saturated carbocycles. The highest BCUT2D eigenvalue weighted by Gasteiger charge is 2.37. The van der Waals surface area contributed by atoms with Crippen LogP contribution < -0.4 is 0 Å². The standard InChI is InChI=1S/C13H8Br2F2/c14-11-7-3-1-5-9(11)13(16,17)10-6-2-4-8-12(10)15/h1-8H. The van der Waals surface area contributed by atoms with E-state index in [1.165, 1.54) is 12.1 Å². The van der Waals surface area contributed by atoms with E-state index < -0.39 is 5.92 Å². The van der Waals surface area contributed by atoms with Crippen LogP contribution in [0.15, 0.2) is 57.5 Å². The molecular formula is C13H8Br2F2. The molecule has 17 heavy (non-hydrogen) atoms. The summed E-state index contributed by atoms with van der Waals surface area (Å²) < 4.78 is 29.5. The molecule has 0 saturated heterocycles. The average molecular weight is 362 g/mol. The van der Waals surface area contributed by atoms with E-state index in [2.05, 4.69) is 31.9 Å². The number of halogens is 4. The van der Waals surface area contributed by atoms with Gasteiger partial charge in [-0.05, 0) is 12.1 Å². The minimum atomic E-state index is -3.03. The van der Waals surface area contributed by atoms with E-state index in [-0.39, 0.29) is 11.1 Å². The van der Waals surface area contributed by atoms with Crippen molar-refractivity contribution >= 4 is 31.9 Å². The van der Waals surface area contributed by atoms with Gasteiger partial charge >= 0.3 is 5.92 Å². The van der Waals surface area contributed by atoms with E-state index in [9.17, 15) is 8.78 Å². The first kappa shape index (κ1) is 12.7. The Morgan fingerprint density at radius 1 is 0.706 bits per heavy atom. The van der Waals surface area contributed by atoms with Gasteiger partial charge in [-0.15, -0.1) is 0 Å². The minimum Gasteiger partial charge on any atom is -0.196 e. The molecule has 0 unspecified atom stereocenters. The number of hydrogen-bond acceptors (Lipinski definition) is 0. The summed E-state index contributed by atoms with van der Waals surface area (Å²) in [5.74, 6) is -3.03. The number of alkyl halides is 2. The minimum absolute atomic E-state index is 0.0353. The van der Waals surface area contributed by atoms with E-state index >= 15 is 0 Å². The Balaban J connectivity index is 2.58. The van der Waals surface area contributed by atoms with Crippen molar-refractivity contribution in [1.29, 1.82) is 0 Å². The summed E-state index contributed by atoms with van der Waals surface area (Å²) in [6, 6.07) is 12.7. The van der Waals surface area contributed by atoms with Gasteiger partial charge < -0.3 is 0 Å². The summed E-state index contributed by atoms with van der Waals surface area (Å²) >= 11 is 6.32. The molecule has 0 spiro atoms. The van der Waals surface area contributed by atoms with Crippen LogP contribution in [0, 0.1) is 0 Å². The van der Waals surface area contributed by atoms with Crippen molar-refractivity contribution in [3.63, 3.8) is 0 Å². The van der Waals surface area contributed by atoms with E-state index in [4.69, 9.17) is 0 Å². The zero-order chi connectivity index (χ0) is 12.5. The highest BCUT2D eigenvalue weighted by molar-refractivity contribution is 9.10. The summed E-state index contributed by atoms with van der Waals surface area (Å²) in [5.41, 5.74) is -0.0706. The molecule has 0 bridgehead atoms. The lowest BCUT2D eigenvalue weighted by molar-refractivity contribution is 0.0413. The van der Waals surface area contributed by atoms with Crippen molar-refractivity contribution in [2.45, 2.75) is 5.92 Å². The summed E-state index contributed by atoms with van der Waals surface area (Å²) in [4.78, 5) is 0. The largest absolute Gasteiger partial charge is 0.300 e. The maximum atomic E-state index is 14.3. The first-order chi connectivity index (χ1) is 8.03. The summed E-state index contributed by atoms with van der Waals surface area (Å²) in [6.07, 6.45) is 0. The first-order valence-electron chi connectivity index (χ1n) is 4.91. The van der Waals surface area contributed by atoms with Crippen molar-refractivity contribution in [3.8, 4) is 0 Å².